The molecule has 0 aliphatic heterocycles. The van der Waals surface area contributed by atoms with E-state index in [0.29, 0.717) is 0 Å². The Balaban J connectivity index is 1.53. The summed E-state index contributed by atoms with van der Waals surface area (Å²) in [4.78, 5) is 14.6. The Morgan fingerprint density at radius 3 is 2.38 bits per heavy atom. The number of rotatable bonds is 4. The number of ketones is 1. The van der Waals surface area contributed by atoms with Gasteiger partial charge in [0, 0.05) is 25.3 Å². The van der Waals surface area contributed by atoms with E-state index in [4.69, 9.17) is 0 Å². The Kier molecular flexibility index (Phi) is 4.18. The van der Waals surface area contributed by atoms with Gasteiger partial charge in [-0.25, -0.2) is 0 Å². The standard InChI is InChI=1S/C24H21NO/c1-25(2)21-11-7-17(8-12-21)9-14-24(26)19-10-13-23-20(16-19)15-18-5-3-4-6-22(18)23/h3-14,16H,15H2,1-2H3. The largest absolute Gasteiger partial charge is 0.378 e. The van der Waals surface area contributed by atoms with Crippen molar-refractivity contribution in [1.29, 1.82) is 0 Å². The summed E-state index contributed by atoms with van der Waals surface area (Å²) in [5, 5.41) is 0. The van der Waals surface area contributed by atoms with Gasteiger partial charge in [0.1, 0.15) is 0 Å². The third-order valence-electron chi connectivity index (χ3n) is 4.91. The quantitative estimate of drug-likeness (QED) is 0.375. The molecule has 0 radical (unpaired) electrons. The van der Waals surface area contributed by atoms with Crippen LogP contribution in [0, 0.1) is 0 Å². The molecule has 0 saturated carbocycles. The van der Waals surface area contributed by atoms with Gasteiger partial charge in [-0.2, -0.15) is 0 Å². The van der Waals surface area contributed by atoms with Gasteiger partial charge in [-0.15, -0.1) is 0 Å². The summed E-state index contributed by atoms with van der Waals surface area (Å²) in [6.45, 7) is 0. The molecule has 0 bridgehead atoms. The highest BCUT2D eigenvalue weighted by Crippen LogP contribution is 2.36. The zero-order valence-corrected chi connectivity index (χ0v) is 15.1. The summed E-state index contributed by atoms with van der Waals surface area (Å²) in [5.41, 5.74) is 8.03. The minimum absolute atomic E-state index is 0.0421. The van der Waals surface area contributed by atoms with E-state index in [1.807, 2.05) is 44.4 Å². The van der Waals surface area contributed by atoms with Crippen LogP contribution in [0.1, 0.15) is 27.0 Å². The van der Waals surface area contributed by atoms with E-state index in [-0.39, 0.29) is 5.78 Å². The van der Waals surface area contributed by atoms with Crippen molar-refractivity contribution in [2.45, 2.75) is 6.42 Å². The Morgan fingerprint density at radius 2 is 1.62 bits per heavy atom. The summed E-state index contributed by atoms with van der Waals surface area (Å²) in [6.07, 6.45) is 4.45. The molecule has 2 nitrogen and oxygen atoms in total. The highest BCUT2D eigenvalue weighted by atomic mass is 16.1. The molecule has 0 fully saturated rings. The maximum atomic E-state index is 12.6. The summed E-state index contributed by atoms with van der Waals surface area (Å²) in [5.74, 6) is 0.0421. The maximum absolute atomic E-state index is 12.6. The van der Waals surface area contributed by atoms with Crippen molar-refractivity contribution in [2.75, 3.05) is 19.0 Å². The Hall–Kier alpha value is -3.13. The van der Waals surface area contributed by atoms with Gasteiger partial charge in [0.05, 0.1) is 0 Å². The molecule has 1 aliphatic rings. The zero-order chi connectivity index (χ0) is 18.1. The topological polar surface area (TPSA) is 20.3 Å². The van der Waals surface area contributed by atoms with Gasteiger partial charge in [-0.1, -0.05) is 54.6 Å². The van der Waals surface area contributed by atoms with Crippen LogP contribution < -0.4 is 4.90 Å². The number of hydrogen-bond acceptors (Lipinski definition) is 2. The molecule has 3 aromatic rings. The number of fused-ring (bicyclic) bond motifs is 3. The molecular formula is C24H21NO. The van der Waals surface area contributed by atoms with Crippen molar-refractivity contribution in [3.05, 3.63) is 95.1 Å². The van der Waals surface area contributed by atoms with Crippen LogP contribution >= 0.6 is 0 Å². The van der Waals surface area contributed by atoms with Gasteiger partial charge in [0.25, 0.3) is 0 Å². The van der Waals surface area contributed by atoms with Gasteiger partial charge in [0.2, 0.25) is 0 Å². The SMILES string of the molecule is CN(C)c1ccc(C=CC(=O)c2ccc3c(c2)Cc2ccccc2-3)cc1. The highest BCUT2D eigenvalue weighted by Gasteiger charge is 2.18. The first-order valence-corrected chi connectivity index (χ1v) is 8.83. The van der Waals surface area contributed by atoms with E-state index in [1.54, 1.807) is 6.08 Å². The van der Waals surface area contributed by atoms with Gasteiger partial charge in [0.15, 0.2) is 5.78 Å². The van der Waals surface area contributed by atoms with Gasteiger partial charge in [-0.3, -0.25) is 4.79 Å². The Morgan fingerprint density at radius 1 is 0.885 bits per heavy atom. The molecular weight excluding hydrogens is 318 g/mol. The summed E-state index contributed by atoms with van der Waals surface area (Å²) in [7, 11) is 4.03. The van der Waals surface area contributed by atoms with Crippen LogP contribution in [0.5, 0.6) is 0 Å². The van der Waals surface area contributed by atoms with Crippen molar-refractivity contribution in [2.24, 2.45) is 0 Å². The Labute approximate surface area is 154 Å². The first-order valence-electron chi connectivity index (χ1n) is 8.83. The third-order valence-corrected chi connectivity index (χ3v) is 4.91. The average molecular weight is 339 g/mol. The lowest BCUT2D eigenvalue weighted by molar-refractivity contribution is 0.104. The molecule has 0 heterocycles. The van der Waals surface area contributed by atoms with Crippen LogP contribution in [0.4, 0.5) is 5.69 Å². The number of hydrogen-bond donors (Lipinski definition) is 0. The number of benzene rings is 3. The second kappa shape index (κ2) is 6.64. The second-order valence-electron chi connectivity index (χ2n) is 6.89. The molecule has 0 atom stereocenters. The zero-order valence-electron chi connectivity index (χ0n) is 15.1. The molecule has 0 amide bonds. The monoisotopic (exact) mass is 339 g/mol. The maximum Gasteiger partial charge on any atom is 0.185 e. The van der Waals surface area contributed by atoms with E-state index in [0.717, 1.165) is 23.2 Å². The smallest absolute Gasteiger partial charge is 0.185 e. The number of anilines is 1. The number of nitrogens with zero attached hydrogens (tertiary/aromatic N) is 1. The van der Waals surface area contributed by atoms with Crippen LogP contribution in [-0.4, -0.2) is 19.9 Å². The molecule has 128 valence electrons. The van der Waals surface area contributed by atoms with Crippen LogP contribution in [0.2, 0.25) is 0 Å². The fourth-order valence-electron chi connectivity index (χ4n) is 3.45. The molecule has 4 rings (SSSR count). The van der Waals surface area contributed by atoms with Gasteiger partial charge in [-0.05, 0) is 58.5 Å². The molecule has 0 saturated heterocycles. The predicted octanol–water partition coefficient (Wildman–Crippen LogP) is 5.22. The first kappa shape index (κ1) is 16.3. The van der Waals surface area contributed by atoms with Gasteiger partial charge < -0.3 is 4.90 Å². The van der Waals surface area contributed by atoms with E-state index in [1.165, 1.54) is 22.3 Å². The van der Waals surface area contributed by atoms with Crippen molar-refractivity contribution < 1.29 is 4.79 Å². The van der Waals surface area contributed by atoms with Gasteiger partial charge >= 0.3 is 0 Å². The minimum Gasteiger partial charge on any atom is -0.378 e. The molecule has 1 aliphatic carbocycles. The van der Waals surface area contributed by atoms with Crippen molar-refractivity contribution in [1.82, 2.24) is 0 Å². The molecule has 0 aromatic heterocycles. The van der Waals surface area contributed by atoms with Crippen LogP contribution in [0.25, 0.3) is 17.2 Å². The van der Waals surface area contributed by atoms with Crippen LogP contribution in [0.15, 0.2) is 72.8 Å². The van der Waals surface area contributed by atoms with E-state index >= 15 is 0 Å². The van der Waals surface area contributed by atoms with Crippen molar-refractivity contribution >= 4 is 17.5 Å². The number of carbonyl (C=O) groups is 1. The fraction of sp³-hybridized carbons (Fsp3) is 0.125. The van der Waals surface area contributed by atoms with Crippen molar-refractivity contribution in [3.63, 3.8) is 0 Å². The minimum atomic E-state index is 0.0421. The molecule has 2 heteroatoms. The lowest BCUT2D eigenvalue weighted by Gasteiger charge is -2.11. The van der Waals surface area contributed by atoms with Crippen LogP contribution in [0.3, 0.4) is 0 Å². The molecule has 0 unspecified atom stereocenters. The normalized spacial score (nSPS) is 12.1. The predicted molar refractivity (Wildman–Crippen MR) is 109 cm³/mol. The second-order valence-corrected chi connectivity index (χ2v) is 6.89. The van der Waals surface area contributed by atoms with E-state index < -0.39 is 0 Å². The highest BCUT2D eigenvalue weighted by molar-refractivity contribution is 6.07. The van der Waals surface area contributed by atoms with E-state index in [9.17, 15) is 4.79 Å². The number of allylic oxidation sites excluding steroid dienone is 1. The lowest BCUT2D eigenvalue weighted by Crippen LogP contribution is -2.07. The summed E-state index contributed by atoms with van der Waals surface area (Å²) < 4.78 is 0. The number of carbonyl (C=O) groups excluding carboxylic acids is 1. The molecule has 0 N–H and O–H groups in total. The molecule has 3 aromatic carbocycles. The molecule has 26 heavy (non-hydrogen) atoms. The average Bonchev–Trinajstić information content (AvgIpc) is 3.04. The lowest BCUT2D eigenvalue weighted by atomic mass is 10.0. The van der Waals surface area contributed by atoms with E-state index in [2.05, 4.69) is 47.4 Å². The summed E-state index contributed by atoms with van der Waals surface area (Å²) >= 11 is 0. The summed E-state index contributed by atoms with van der Waals surface area (Å²) in [6, 6.07) is 22.7. The van der Waals surface area contributed by atoms with Crippen molar-refractivity contribution in [3.8, 4) is 11.1 Å². The Bertz CT molecular complexity index is 997. The third kappa shape index (κ3) is 3.06. The van der Waals surface area contributed by atoms with Crippen LogP contribution in [-0.2, 0) is 6.42 Å². The molecule has 0 spiro atoms. The fourth-order valence-corrected chi connectivity index (χ4v) is 3.45. The first-order chi connectivity index (χ1) is 12.6.